The molecule has 1 aromatic carbocycles. The van der Waals surface area contributed by atoms with Crippen LogP contribution < -0.4 is 5.73 Å². The highest BCUT2D eigenvalue weighted by Crippen LogP contribution is 2.30. The van der Waals surface area contributed by atoms with Gasteiger partial charge in [-0.3, -0.25) is 0 Å². The van der Waals surface area contributed by atoms with Crippen LogP contribution in [0.25, 0.3) is 0 Å². The number of aryl methyl sites for hydroxylation is 1. The Kier molecular flexibility index (Phi) is 4.91. The first-order chi connectivity index (χ1) is 9.08. The van der Waals surface area contributed by atoms with Gasteiger partial charge in [0.05, 0.1) is 5.69 Å². The van der Waals surface area contributed by atoms with Gasteiger partial charge in [0.2, 0.25) is 0 Å². The van der Waals surface area contributed by atoms with Crippen LogP contribution in [0.1, 0.15) is 24.6 Å². The van der Waals surface area contributed by atoms with Crippen LogP contribution in [0.4, 0.5) is 0 Å². The largest absolute Gasteiger partial charge is 0.439 e. The van der Waals surface area contributed by atoms with Crippen LogP contribution in [0, 0.1) is 6.92 Å². The lowest BCUT2D eigenvalue weighted by Crippen LogP contribution is -2.21. The Morgan fingerprint density at radius 2 is 2.26 bits per heavy atom. The maximum Gasteiger partial charge on any atom is 0.260 e. The van der Waals surface area contributed by atoms with Crippen LogP contribution >= 0.6 is 23.4 Å². The molecule has 0 aliphatic rings. The van der Waals surface area contributed by atoms with Crippen molar-refractivity contribution in [3.8, 4) is 0 Å². The average Bonchev–Trinajstić information content (AvgIpc) is 2.78. The molecule has 0 aliphatic carbocycles. The number of aromatic nitrogens is 1. The Bertz CT molecular complexity index is 556. The van der Waals surface area contributed by atoms with E-state index in [0.29, 0.717) is 5.22 Å². The molecule has 1 atom stereocenters. The average molecular weight is 297 g/mol. The topological polar surface area (TPSA) is 52.0 Å². The van der Waals surface area contributed by atoms with Crippen molar-refractivity contribution in [1.82, 2.24) is 4.98 Å². The van der Waals surface area contributed by atoms with Gasteiger partial charge in [-0.15, -0.1) is 0 Å². The predicted octanol–water partition coefficient (Wildman–Crippen LogP) is 4.07. The van der Waals surface area contributed by atoms with Gasteiger partial charge in [0.1, 0.15) is 6.26 Å². The molecule has 0 fully saturated rings. The molecule has 1 unspecified atom stereocenters. The third kappa shape index (κ3) is 4.00. The van der Waals surface area contributed by atoms with E-state index in [9.17, 15) is 0 Å². The lowest BCUT2D eigenvalue weighted by molar-refractivity contribution is 0.454. The Morgan fingerprint density at radius 1 is 1.47 bits per heavy atom. The van der Waals surface area contributed by atoms with Crippen LogP contribution in [0.2, 0.25) is 5.02 Å². The molecule has 0 radical (unpaired) electrons. The van der Waals surface area contributed by atoms with E-state index in [1.165, 1.54) is 11.8 Å². The van der Waals surface area contributed by atoms with E-state index in [2.05, 4.69) is 11.9 Å². The molecule has 2 N–H and O–H groups in total. The summed E-state index contributed by atoms with van der Waals surface area (Å²) in [5, 5.41) is 1.38. The molecule has 0 amide bonds. The number of halogens is 1. The van der Waals surface area contributed by atoms with Crippen LogP contribution in [0.15, 0.2) is 39.0 Å². The van der Waals surface area contributed by atoms with Gasteiger partial charge in [-0.1, -0.05) is 24.6 Å². The van der Waals surface area contributed by atoms with Crippen LogP contribution in [-0.2, 0) is 6.42 Å². The molecule has 3 nitrogen and oxygen atoms in total. The lowest BCUT2D eigenvalue weighted by Gasteiger charge is -2.10. The maximum absolute atomic E-state index is 6.28. The van der Waals surface area contributed by atoms with Gasteiger partial charge in [0, 0.05) is 16.0 Å². The van der Waals surface area contributed by atoms with E-state index in [1.54, 1.807) is 6.26 Å². The van der Waals surface area contributed by atoms with Gasteiger partial charge in [0.15, 0.2) is 0 Å². The Morgan fingerprint density at radius 3 is 2.84 bits per heavy atom. The second kappa shape index (κ2) is 6.46. The SMILES string of the molecule is CCC(N)Cc1ccc(Sc2nc(C)co2)cc1Cl. The van der Waals surface area contributed by atoms with Crippen molar-refractivity contribution in [2.75, 3.05) is 0 Å². The first kappa shape index (κ1) is 14.4. The van der Waals surface area contributed by atoms with Crippen molar-refractivity contribution < 1.29 is 4.42 Å². The zero-order valence-electron chi connectivity index (χ0n) is 11.0. The molecular formula is C14H17ClN2OS. The van der Waals surface area contributed by atoms with E-state index in [0.717, 1.165) is 34.0 Å². The second-order valence-electron chi connectivity index (χ2n) is 4.48. The molecule has 0 saturated carbocycles. The minimum absolute atomic E-state index is 0.158. The minimum atomic E-state index is 0.158. The molecule has 5 heteroatoms. The minimum Gasteiger partial charge on any atom is -0.439 e. The first-order valence-corrected chi connectivity index (χ1v) is 7.42. The van der Waals surface area contributed by atoms with Crippen LogP contribution in [0.5, 0.6) is 0 Å². The van der Waals surface area contributed by atoms with Crippen LogP contribution in [-0.4, -0.2) is 11.0 Å². The molecule has 2 rings (SSSR count). The van der Waals surface area contributed by atoms with Gasteiger partial charge < -0.3 is 10.2 Å². The maximum atomic E-state index is 6.28. The highest BCUT2D eigenvalue weighted by atomic mass is 35.5. The first-order valence-electron chi connectivity index (χ1n) is 6.22. The fraction of sp³-hybridized carbons (Fsp3) is 0.357. The molecule has 19 heavy (non-hydrogen) atoms. The summed E-state index contributed by atoms with van der Waals surface area (Å²) < 4.78 is 5.31. The van der Waals surface area contributed by atoms with Crippen molar-refractivity contribution in [2.45, 2.75) is 42.8 Å². The molecule has 0 spiro atoms. The van der Waals surface area contributed by atoms with Gasteiger partial charge in [-0.2, -0.15) is 0 Å². The van der Waals surface area contributed by atoms with E-state index < -0.39 is 0 Å². The summed E-state index contributed by atoms with van der Waals surface area (Å²) in [6.07, 6.45) is 3.39. The monoisotopic (exact) mass is 296 g/mol. The Labute approximate surface area is 122 Å². The lowest BCUT2D eigenvalue weighted by atomic mass is 10.1. The number of nitrogens with zero attached hydrogens (tertiary/aromatic N) is 1. The zero-order valence-corrected chi connectivity index (χ0v) is 12.6. The fourth-order valence-corrected chi connectivity index (χ4v) is 2.79. The Hall–Kier alpha value is -0.970. The molecule has 0 aliphatic heterocycles. The van der Waals surface area contributed by atoms with Crippen molar-refractivity contribution in [1.29, 1.82) is 0 Å². The summed E-state index contributed by atoms with van der Waals surface area (Å²) in [6, 6.07) is 6.14. The summed E-state index contributed by atoms with van der Waals surface area (Å²) >= 11 is 7.74. The fourth-order valence-electron chi connectivity index (χ4n) is 1.66. The van der Waals surface area contributed by atoms with E-state index in [-0.39, 0.29) is 6.04 Å². The standard InChI is InChI=1S/C14H17ClN2OS/c1-3-11(16)6-10-4-5-12(7-13(10)15)19-14-17-9(2)8-18-14/h4-5,7-8,11H,3,6,16H2,1-2H3. The molecule has 0 bridgehead atoms. The molecule has 2 aromatic rings. The highest BCUT2D eigenvalue weighted by molar-refractivity contribution is 7.99. The molecule has 102 valence electrons. The van der Waals surface area contributed by atoms with Crippen molar-refractivity contribution in [3.05, 3.63) is 40.7 Å². The van der Waals surface area contributed by atoms with Crippen LogP contribution in [0.3, 0.4) is 0 Å². The normalized spacial score (nSPS) is 12.6. The Balaban J connectivity index is 2.10. The number of nitrogens with two attached hydrogens (primary N) is 1. The van der Waals surface area contributed by atoms with E-state index in [4.69, 9.17) is 21.8 Å². The van der Waals surface area contributed by atoms with Crippen molar-refractivity contribution >= 4 is 23.4 Å². The van der Waals surface area contributed by atoms with Gasteiger partial charge >= 0.3 is 0 Å². The number of hydrogen-bond donors (Lipinski definition) is 1. The summed E-state index contributed by atoms with van der Waals surface area (Å²) in [7, 11) is 0. The van der Waals surface area contributed by atoms with Gasteiger partial charge in [-0.05, 0) is 49.2 Å². The smallest absolute Gasteiger partial charge is 0.260 e. The number of benzene rings is 1. The highest BCUT2D eigenvalue weighted by Gasteiger charge is 2.09. The molecular weight excluding hydrogens is 280 g/mol. The van der Waals surface area contributed by atoms with Gasteiger partial charge in [0.25, 0.3) is 5.22 Å². The molecule has 1 heterocycles. The number of oxazole rings is 1. The third-order valence-electron chi connectivity index (χ3n) is 2.83. The van der Waals surface area contributed by atoms with E-state index in [1.807, 2.05) is 25.1 Å². The summed E-state index contributed by atoms with van der Waals surface area (Å²) in [6.45, 7) is 3.98. The predicted molar refractivity (Wildman–Crippen MR) is 78.8 cm³/mol. The second-order valence-corrected chi connectivity index (χ2v) is 5.91. The summed E-state index contributed by atoms with van der Waals surface area (Å²) in [5.41, 5.74) is 7.91. The number of hydrogen-bond acceptors (Lipinski definition) is 4. The van der Waals surface area contributed by atoms with Crippen molar-refractivity contribution in [2.24, 2.45) is 5.73 Å². The van der Waals surface area contributed by atoms with Gasteiger partial charge in [-0.25, -0.2) is 4.98 Å². The zero-order chi connectivity index (χ0) is 13.8. The number of rotatable bonds is 5. The molecule has 1 aromatic heterocycles. The summed E-state index contributed by atoms with van der Waals surface area (Å²) in [4.78, 5) is 5.27. The van der Waals surface area contributed by atoms with E-state index >= 15 is 0 Å². The summed E-state index contributed by atoms with van der Waals surface area (Å²) in [5.74, 6) is 0. The third-order valence-corrected chi connectivity index (χ3v) is 4.04. The molecule has 0 saturated heterocycles. The van der Waals surface area contributed by atoms with Crippen molar-refractivity contribution in [3.63, 3.8) is 0 Å². The quantitative estimate of drug-likeness (QED) is 0.903.